The Hall–Kier alpha value is -1.27. The SMILES string of the molecule is CSCc1cccc(C(=O)NNC(=S)N[C@@H]2CCC[C@@H](C)[C@H]2C)c1. The highest BCUT2D eigenvalue weighted by atomic mass is 32.2. The lowest BCUT2D eigenvalue weighted by Gasteiger charge is -2.35. The lowest BCUT2D eigenvalue weighted by atomic mass is 9.78. The van der Waals surface area contributed by atoms with Gasteiger partial charge in [0.05, 0.1) is 0 Å². The predicted molar refractivity (Wildman–Crippen MR) is 106 cm³/mol. The van der Waals surface area contributed by atoms with Crippen LogP contribution in [0.1, 0.15) is 49.0 Å². The summed E-state index contributed by atoms with van der Waals surface area (Å²) in [6.45, 7) is 4.55. The molecule has 0 radical (unpaired) electrons. The molecule has 1 aromatic rings. The van der Waals surface area contributed by atoms with E-state index in [2.05, 4.69) is 30.0 Å². The van der Waals surface area contributed by atoms with E-state index in [0.29, 0.717) is 28.6 Å². The lowest BCUT2D eigenvalue weighted by molar-refractivity contribution is 0.0943. The third kappa shape index (κ3) is 5.38. The minimum absolute atomic E-state index is 0.174. The first kappa shape index (κ1) is 19.1. The largest absolute Gasteiger partial charge is 0.358 e. The van der Waals surface area contributed by atoms with Crippen molar-refractivity contribution in [3.63, 3.8) is 0 Å². The first-order valence-electron chi connectivity index (χ1n) is 8.46. The number of hydrogen-bond acceptors (Lipinski definition) is 3. The van der Waals surface area contributed by atoms with Crippen LogP contribution in [0, 0.1) is 11.8 Å². The van der Waals surface area contributed by atoms with Crippen LogP contribution in [0.25, 0.3) is 0 Å². The number of thiocarbonyl (C=S) groups is 1. The highest BCUT2D eigenvalue weighted by Crippen LogP contribution is 2.29. The Morgan fingerprint density at radius 2 is 2.08 bits per heavy atom. The van der Waals surface area contributed by atoms with Crippen LogP contribution in [0.5, 0.6) is 0 Å². The molecule has 24 heavy (non-hydrogen) atoms. The first-order chi connectivity index (χ1) is 11.5. The molecule has 0 spiro atoms. The first-order valence-corrected chi connectivity index (χ1v) is 10.3. The molecule has 1 aliphatic rings. The summed E-state index contributed by atoms with van der Waals surface area (Å²) in [4.78, 5) is 12.2. The molecule has 4 nitrogen and oxygen atoms in total. The maximum absolute atomic E-state index is 12.2. The summed E-state index contributed by atoms with van der Waals surface area (Å²) < 4.78 is 0. The highest BCUT2D eigenvalue weighted by Gasteiger charge is 2.27. The zero-order valence-corrected chi connectivity index (χ0v) is 16.2. The minimum Gasteiger partial charge on any atom is -0.358 e. The monoisotopic (exact) mass is 365 g/mol. The Morgan fingerprint density at radius 3 is 2.83 bits per heavy atom. The van der Waals surface area contributed by atoms with Gasteiger partial charge in [-0.1, -0.05) is 38.8 Å². The zero-order valence-electron chi connectivity index (χ0n) is 14.6. The molecule has 3 N–H and O–H groups in total. The molecule has 0 aliphatic heterocycles. The number of benzene rings is 1. The van der Waals surface area contributed by atoms with Crippen molar-refractivity contribution in [2.45, 2.75) is 44.9 Å². The van der Waals surface area contributed by atoms with E-state index in [-0.39, 0.29) is 5.91 Å². The summed E-state index contributed by atoms with van der Waals surface area (Å²) in [5.41, 5.74) is 7.29. The molecule has 0 saturated heterocycles. The number of hydrogen-bond donors (Lipinski definition) is 3. The minimum atomic E-state index is -0.174. The van der Waals surface area contributed by atoms with E-state index in [0.717, 1.165) is 17.7 Å². The van der Waals surface area contributed by atoms with Crippen LogP contribution in [-0.2, 0) is 5.75 Å². The Labute approximate surface area is 154 Å². The zero-order chi connectivity index (χ0) is 17.5. The standard InChI is InChI=1S/C18H27N3OS2/c1-12-6-4-9-16(13(12)2)19-18(23)21-20-17(22)15-8-5-7-14(10-15)11-24-3/h5,7-8,10,12-13,16H,4,6,9,11H2,1-3H3,(H,20,22)(H2,19,21,23)/t12-,13-,16-/m1/s1. The van der Waals surface area contributed by atoms with Crippen molar-refractivity contribution in [3.05, 3.63) is 35.4 Å². The summed E-state index contributed by atoms with van der Waals surface area (Å²) in [6, 6.07) is 8.02. The van der Waals surface area contributed by atoms with Crippen LogP contribution >= 0.6 is 24.0 Å². The molecule has 1 saturated carbocycles. The molecule has 1 amide bonds. The molecule has 0 unspecified atom stereocenters. The van der Waals surface area contributed by atoms with Crippen LogP contribution < -0.4 is 16.2 Å². The molecule has 6 heteroatoms. The molecule has 1 aliphatic carbocycles. The van der Waals surface area contributed by atoms with Crippen molar-refractivity contribution >= 4 is 35.0 Å². The highest BCUT2D eigenvalue weighted by molar-refractivity contribution is 7.97. The Bertz CT molecular complexity index is 579. The van der Waals surface area contributed by atoms with Gasteiger partial charge in [-0.3, -0.25) is 15.6 Å². The van der Waals surface area contributed by atoms with Gasteiger partial charge in [-0.05, 0) is 54.4 Å². The van der Waals surface area contributed by atoms with Crippen molar-refractivity contribution in [1.82, 2.24) is 16.2 Å². The second-order valence-corrected chi connectivity index (χ2v) is 7.83. The summed E-state index contributed by atoms with van der Waals surface area (Å²) in [6.07, 6.45) is 5.67. The molecule has 3 atom stereocenters. The molecular formula is C18H27N3OS2. The van der Waals surface area contributed by atoms with Gasteiger partial charge in [-0.15, -0.1) is 0 Å². The lowest BCUT2D eigenvalue weighted by Crippen LogP contribution is -2.52. The molecule has 1 aromatic carbocycles. The number of hydrazine groups is 1. The molecule has 0 bridgehead atoms. The van der Waals surface area contributed by atoms with E-state index >= 15 is 0 Å². The summed E-state index contributed by atoms with van der Waals surface area (Å²) in [5.74, 6) is 2.00. The second-order valence-electron chi connectivity index (χ2n) is 6.56. The van der Waals surface area contributed by atoms with Gasteiger partial charge in [-0.2, -0.15) is 11.8 Å². The maximum Gasteiger partial charge on any atom is 0.269 e. The molecule has 2 rings (SSSR count). The van der Waals surface area contributed by atoms with Crippen LogP contribution in [0.2, 0.25) is 0 Å². The van der Waals surface area contributed by atoms with Crippen molar-refractivity contribution < 1.29 is 4.79 Å². The number of rotatable bonds is 4. The normalized spacial score (nSPS) is 23.4. The van der Waals surface area contributed by atoms with E-state index in [1.807, 2.05) is 30.5 Å². The number of carbonyl (C=O) groups excluding carboxylic acids is 1. The van der Waals surface area contributed by atoms with E-state index in [1.165, 1.54) is 12.8 Å². The van der Waals surface area contributed by atoms with Crippen LogP contribution in [0.15, 0.2) is 24.3 Å². The van der Waals surface area contributed by atoms with E-state index in [1.54, 1.807) is 11.8 Å². The third-order valence-corrected chi connectivity index (χ3v) is 5.65. The summed E-state index contributed by atoms with van der Waals surface area (Å²) >= 11 is 7.06. The van der Waals surface area contributed by atoms with Gasteiger partial charge in [-0.25, -0.2) is 0 Å². The predicted octanol–water partition coefficient (Wildman–Crippen LogP) is 3.48. The van der Waals surface area contributed by atoms with Gasteiger partial charge < -0.3 is 5.32 Å². The van der Waals surface area contributed by atoms with Crippen LogP contribution in [0.4, 0.5) is 0 Å². The van der Waals surface area contributed by atoms with Crippen molar-refractivity contribution in [2.24, 2.45) is 11.8 Å². The smallest absolute Gasteiger partial charge is 0.269 e. The van der Waals surface area contributed by atoms with Gasteiger partial charge in [0.2, 0.25) is 0 Å². The average Bonchev–Trinajstić information content (AvgIpc) is 2.57. The summed E-state index contributed by atoms with van der Waals surface area (Å²) in [5, 5.41) is 3.82. The maximum atomic E-state index is 12.2. The van der Waals surface area contributed by atoms with Gasteiger partial charge in [0.25, 0.3) is 5.91 Å². The summed E-state index contributed by atoms with van der Waals surface area (Å²) in [7, 11) is 0. The fraction of sp³-hybridized carbons (Fsp3) is 0.556. The third-order valence-electron chi connectivity index (χ3n) is 4.81. The van der Waals surface area contributed by atoms with E-state index < -0.39 is 0 Å². The van der Waals surface area contributed by atoms with Gasteiger partial charge in [0.15, 0.2) is 5.11 Å². The average molecular weight is 366 g/mol. The van der Waals surface area contributed by atoms with Crippen LogP contribution in [0.3, 0.4) is 0 Å². The number of thioether (sulfide) groups is 1. The Balaban J connectivity index is 1.82. The van der Waals surface area contributed by atoms with Crippen molar-refractivity contribution in [1.29, 1.82) is 0 Å². The van der Waals surface area contributed by atoms with Gasteiger partial charge in [0, 0.05) is 17.4 Å². The van der Waals surface area contributed by atoms with Gasteiger partial charge in [0.1, 0.15) is 0 Å². The Kier molecular flexibility index (Phi) is 7.37. The van der Waals surface area contributed by atoms with E-state index in [9.17, 15) is 4.79 Å². The second kappa shape index (κ2) is 9.28. The fourth-order valence-electron chi connectivity index (χ4n) is 3.14. The molecular weight excluding hydrogens is 338 g/mol. The number of carbonyl (C=O) groups is 1. The van der Waals surface area contributed by atoms with E-state index in [4.69, 9.17) is 12.2 Å². The number of amides is 1. The van der Waals surface area contributed by atoms with Crippen LogP contribution in [-0.4, -0.2) is 23.3 Å². The molecule has 0 heterocycles. The quantitative estimate of drug-likeness (QED) is 0.563. The molecule has 1 fully saturated rings. The molecule has 132 valence electrons. The van der Waals surface area contributed by atoms with Crippen molar-refractivity contribution in [2.75, 3.05) is 6.26 Å². The topological polar surface area (TPSA) is 53.2 Å². The fourth-order valence-corrected chi connectivity index (χ4v) is 3.86. The van der Waals surface area contributed by atoms with Crippen molar-refractivity contribution in [3.8, 4) is 0 Å². The van der Waals surface area contributed by atoms with Gasteiger partial charge >= 0.3 is 0 Å². The molecule has 0 aromatic heterocycles. The number of nitrogens with one attached hydrogen (secondary N) is 3. The Morgan fingerprint density at radius 1 is 1.29 bits per heavy atom.